The molecule has 0 atom stereocenters. The van der Waals surface area contributed by atoms with Crippen molar-refractivity contribution in [2.45, 2.75) is 6.61 Å². The molecule has 26 heavy (non-hydrogen) atoms. The molecule has 0 radical (unpaired) electrons. The molecule has 0 bridgehead atoms. The molecule has 0 spiro atoms. The van der Waals surface area contributed by atoms with E-state index in [9.17, 15) is 8.78 Å². The number of halogens is 3. The van der Waals surface area contributed by atoms with Gasteiger partial charge < -0.3 is 14.8 Å². The molecule has 0 saturated heterocycles. The van der Waals surface area contributed by atoms with E-state index < -0.39 is 6.61 Å². The molecule has 1 aromatic carbocycles. The van der Waals surface area contributed by atoms with Gasteiger partial charge in [-0.15, -0.1) is 0 Å². The van der Waals surface area contributed by atoms with Crippen molar-refractivity contribution in [3.63, 3.8) is 0 Å². The highest BCUT2D eigenvalue weighted by Crippen LogP contribution is 2.31. The van der Waals surface area contributed by atoms with Gasteiger partial charge in [0.15, 0.2) is 0 Å². The smallest absolute Gasteiger partial charge is 0.387 e. The minimum Gasteiger partial charge on any atom is -0.480 e. The molecule has 3 aromatic rings. The first kappa shape index (κ1) is 17.8. The Morgan fingerprint density at radius 3 is 2.50 bits per heavy atom. The predicted octanol–water partition coefficient (Wildman–Crippen LogP) is 4.55. The standard InChI is InChI=1S/C17H13ClF2N4O2/c1-25-15-13(23-14-6-7-21-16(18)24-14)8-11(9-22-15)10-2-4-12(5-3-10)26-17(19)20/h2-9,17H,1H3,(H,21,23,24). The first-order valence-corrected chi connectivity index (χ1v) is 7.78. The second-order valence-corrected chi connectivity index (χ2v) is 5.36. The lowest BCUT2D eigenvalue weighted by Crippen LogP contribution is -2.01. The summed E-state index contributed by atoms with van der Waals surface area (Å²) in [6.07, 6.45) is 3.13. The van der Waals surface area contributed by atoms with Gasteiger partial charge in [-0.05, 0) is 41.4 Å². The Morgan fingerprint density at radius 2 is 1.85 bits per heavy atom. The van der Waals surface area contributed by atoms with Gasteiger partial charge in [0.1, 0.15) is 17.3 Å². The van der Waals surface area contributed by atoms with Crippen LogP contribution in [0.25, 0.3) is 11.1 Å². The van der Waals surface area contributed by atoms with Crippen LogP contribution in [0, 0.1) is 0 Å². The quantitative estimate of drug-likeness (QED) is 0.635. The molecule has 2 aromatic heterocycles. The van der Waals surface area contributed by atoms with E-state index in [2.05, 4.69) is 25.0 Å². The number of alkyl halides is 2. The van der Waals surface area contributed by atoms with Crippen LogP contribution in [-0.2, 0) is 0 Å². The van der Waals surface area contributed by atoms with Gasteiger partial charge in [0.05, 0.1) is 7.11 Å². The summed E-state index contributed by atoms with van der Waals surface area (Å²) in [4.78, 5) is 12.1. The number of ether oxygens (including phenoxy) is 2. The second-order valence-electron chi connectivity index (χ2n) is 5.02. The van der Waals surface area contributed by atoms with Gasteiger partial charge in [0.2, 0.25) is 11.2 Å². The molecule has 2 heterocycles. The van der Waals surface area contributed by atoms with Crippen LogP contribution in [0.5, 0.6) is 11.6 Å². The lowest BCUT2D eigenvalue weighted by Gasteiger charge is -2.12. The summed E-state index contributed by atoms with van der Waals surface area (Å²) in [7, 11) is 1.50. The van der Waals surface area contributed by atoms with Crippen molar-refractivity contribution in [2.75, 3.05) is 12.4 Å². The van der Waals surface area contributed by atoms with Gasteiger partial charge in [-0.2, -0.15) is 8.78 Å². The van der Waals surface area contributed by atoms with Crippen LogP contribution in [0.3, 0.4) is 0 Å². The highest BCUT2D eigenvalue weighted by Gasteiger charge is 2.10. The van der Waals surface area contributed by atoms with Crippen molar-refractivity contribution < 1.29 is 18.3 Å². The fraction of sp³-hybridized carbons (Fsp3) is 0.118. The molecule has 0 fully saturated rings. The molecule has 0 aliphatic heterocycles. The van der Waals surface area contributed by atoms with E-state index >= 15 is 0 Å². The fourth-order valence-corrected chi connectivity index (χ4v) is 2.38. The van der Waals surface area contributed by atoms with Crippen molar-refractivity contribution in [2.24, 2.45) is 0 Å². The van der Waals surface area contributed by atoms with Crippen LogP contribution < -0.4 is 14.8 Å². The molecule has 0 unspecified atom stereocenters. The third-order valence-electron chi connectivity index (χ3n) is 3.35. The summed E-state index contributed by atoms with van der Waals surface area (Å²) in [5.41, 5.74) is 2.08. The SMILES string of the molecule is COc1ncc(-c2ccc(OC(F)F)cc2)cc1Nc1ccnc(Cl)n1. The van der Waals surface area contributed by atoms with E-state index in [1.54, 1.807) is 30.5 Å². The Hall–Kier alpha value is -3.00. The van der Waals surface area contributed by atoms with E-state index in [-0.39, 0.29) is 11.0 Å². The Balaban J connectivity index is 1.89. The number of nitrogens with zero attached hydrogens (tertiary/aromatic N) is 3. The number of nitrogens with one attached hydrogen (secondary N) is 1. The summed E-state index contributed by atoms with van der Waals surface area (Å²) in [5, 5.41) is 3.17. The first-order valence-electron chi connectivity index (χ1n) is 7.40. The van der Waals surface area contributed by atoms with Crippen LogP contribution in [0.4, 0.5) is 20.3 Å². The monoisotopic (exact) mass is 378 g/mol. The van der Waals surface area contributed by atoms with Gasteiger partial charge in [-0.1, -0.05) is 12.1 Å². The third kappa shape index (κ3) is 4.34. The van der Waals surface area contributed by atoms with Crippen molar-refractivity contribution in [3.8, 4) is 22.8 Å². The number of rotatable bonds is 6. The summed E-state index contributed by atoms with van der Waals surface area (Å²) in [5.74, 6) is 0.920. The molecule has 1 N–H and O–H groups in total. The summed E-state index contributed by atoms with van der Waals surface area (Å²) >= 11 is 5.79. The topological polar surface area (TPSA) is 69.2 Å². The number of methoxy groups -OCH3 is 1. The van der Waals surface area contributed by atoms with Gasteiger partial charge in [0.25, 0.3) is 0 Å². The molecule has 0 saturated carbocycles. The molecule has 0 aliphatic carbocycles. The maximum Gasteiger partial charge on any atom is 0.387 e. The Kier molecular flexibility index (Phi) is 5.43. The highest BCUT2D eigenvalue weighted by molar-refractivity contribution is 6.28. The number of benzene rings is 1. The van der Waals surface area contributed by atoms with E-state index in [4.69, 9.17) is 16.3 Å². The van der Waals surface area contributed by atoms with Gasteiger partial charge in [-0.25, -0.2) is 15.0 Å². The van der Waals surface area contributed by atoms with Gasteiger partial charge in [-0.3, -0.25) is 0 Å². The molecule has 0 amide bonds. The number of hydrogen-bond acceptors (Lipinski definition) is 6. The summed E-state index contributed by atoms with van der Waals surface area (Å²) < 4.78 is 34.1. The summed E-state index contributed by atoms with van der Waals surface area (Å²) in [6, 6.07) is 9.68. The number of pyridine rings is 1. The van der Waals surface area contributed by atoms with Crippen LogP contribution in [-0.4, -0.2) is 28.7 Å². The van der Waals surface area contributed by atoms with E-state index in [1.165, 1.54) is 25.4 Å². The number of anilines is 2. The van der Waals surface area contributed by atoms with Crippen molar-refractivity contribution in [1.29, 1.82) is 0 Å². The molecule has 9 heteroatoms. The molecule has 6 nitrogen and oxygen atoms in total. The Morgan fingerprint density at radius 1 is 1.08 bits per heavy atom. The van der Waals surface area contributed by atoms with Crippen molar-refractivity contribution in [1.82, 2.24) is 15.0 Å². The fourth-order valence-electron chi connectivity index (χ4n) is 2.23. The van der Waals surface area contributed by atoms with Gasteiger partial charge in [0, 0.05) is 18.0 Å². The third-order valence-corrected chi connectivity index (χ3v) is 3.53. The maximum absolute atomic E-state index is 12.2. The molecular formula is C17H13ClF2N4O2. The normalized spacial score (nSPS) is 10.7. The zero-order chi connectivity index (χ0) is 18.5. The average molecular weight is 379 g/mol. The summed E-state index contributed by atoms with van der Waals surface area (Å²) in [6.45, 7) is -2.86. The average Bonchev–Trinajstić information content (AvgIpc) is 2.62. The second kappa shape index (κ2) is 7.92. The van der Waals surface area contributed by atoms with Crippen molar-refractivity contribution in [3.05, 3.63) is 54.1 Å². The molecule has 3 rings (SSSR count). The predicted molar refractivity (Wildman–Crippen MR) is 93.2 cm³/mol. The van der Waals surface area contributed by atoms with E-state index in [1.807, 2.05) is 0 Å². The van der Waals surface area contributed by atoms with Crippen molar-refractivity contribution >= 4 is 23.1 Å². The molecule has 0 aliphatic rings. The zero-order valence-corrected chi connectivity index (χ0v) is 14.2. The Labute approximate surface area is 152 Å². The first-order chi connectivity index (χ1) is 12.5. The minimum atomic E-state index is -2.86. The lowest BCUT2D eigenvalue weighted by molar-refractivity contribution is -0.0498. The van der Waals surface area contributed by atoms with E-state index in [0.29, 0.717) is 17.4 Å². The maximum atomic E-state index is 12.2. The minimum absolute atomic E-state index is 0.0826. The van der Waals surface area contributed by atoms with Crippen LogP contribution in [0.2, 0.25) is 5.28 Å². The molecule has 134 valence electrons. The zero-order valence-electron chi connectivity index (χ0n) is 13.5. The van der Waals surface area contributed by atoms with Crippen LogP contribution >= 0.6 is 11.6 Å². The highest BCUT2D eigenvalue weighted by atomic mass is 35.5. The largest absolute Gasteiger partial charge is 0.480 e. The van der Waals surface area contributed by atoms with E-state index in [0.717, 1.165) is 11.1 Å². The number of aromatic nitrogens is 3. The lowest BCUT2D eigenvalue weighted by atomic mass is 10.1. The van der Waals surface area contributed by atoms with Gasteiger partial charge >= 0.3 is 6.61 Å². The Bertz CT molecular complexity index is 894. The van der Waals surface area contributed by atoms with Crippen LogP contribution in [0.1, 0.15) is 0 Å². The van der Waals surface area contributed by atoms with Crippen LogP contribution in [0.15, 0.2) is 48.8 Å². The molecular weight excluding hydrogens is 366 g/mol. The number of hydrogen-bond donors (Lipinski definition) is 1.